The molecule has 1 amide bonds. The summed E-state index contributed by atoms with van der Waals surface area (Å²) in [5.74, 6) is -0.0761. The first kappa shape index (κ1) is 19.3. The van der Waals surface area contributed by atoms with Gasteiger partial charge in [-0.1, -0.05) is 33.3 Å². The number of thiazole rings is 1. The number of aromatic nitrogens is 1. The lowest BCUT2D eigenvalue weighted by atomic mass is 10.2. The number of hydrogen-bond donors (Lipinski definition) is 0. The van der Waals surface area contributed by atoms with E-state index in [9.17, 15) is 9.59 Å². The number of rotatable bonds is 5. The van der Waals surface area contributed by atoms with Crippen LogP contribution in [0.1, 0.15) is 17.3 Å². The number of halogens is 1. The molecule has 0 radical (unpaired) electrons. The number of carbonyl (C=O) groups excluding carboxylic acids is 2. The summed E-state index contributed by atoms with van der Waals surface area (Å²) in [6.45, 7) is 2.43. The highest BCUT2D eigenvalue weighted by Gasteiger charge is 2.13. The molecule has 0 saturated carbocycles. The summed E-state index contributed by atoms with van der Waals surface area (Å²) in [5, 5.41) is 0. The number of benzene rings is 2. The van der Waals surface area contributed by atoms with Crippen LogP contribution in [-0.4, -0.2) is 30.2 Å². The van der Waals surface area contributed by atoms with Crippen LogP contribution in [-0.2, 0) is 16.1 Å². The minimum absolute atomic E-state index is 0.0327. The third-order valence-electron chi connectivity index (χ3n) is 3.75. The smallest absolute Gasteiger partial charge is 0.325 e. The minimum atomic E-state index is -0.417. The second-order valence-corrected chi connectivity index (χ2v) is 7.46. The average Bonchev–Trinajstić information content (AvgIpc) is 2.98. The number of methoxy groups -OCH3 is 1. The van der Waals surface area contributed by atoms with Gasteiger partial charge < -0.3 is 14.0 Å². The summed E-state index contributed by atoms with van der Waals surface area (Å²) in [6, 6.07) is 12.6. The Morgan fingerprint density at radius 2 is 2.04 bits per heavy atom. The highest BCUT2D eigenvalue weighted by Crippen LogP contribution is 2.23. The topological polar surface area (TPSA) is 69.9 Å². The molecule has 0 saturated heterocycles. The Labute approximate surface area is 168 Å². The van der Waals surface area contributed by atoms with Gasteiger partial charge in [-0.05, 0) is 43.3 Å². The monoisotopic (exact) mass is 448 g/mol. The van der Waals surface area contributed by atoms with Gasteiger partial charge in [-0.3, -0.25) is 9.59 Å². The molecular formula is C19H17BrN2O4S. The minimum Gasteiger partial charge on any atom is -0.494 e. The zero-order chi connectivity index (χ0) is 19.4. The standard InChI is InChI=1S/C19H17BrN2O4S/c1-3-26-14-7-8-15-16(10-14)27-19(22(15)11-17(23)25-2)21-18(24)12-5-4-6-13(20)9-12/h4-10H,3,11H2,1-2H3. The first-order valence-corrected chi connectivity index (χ1v) is 9.80. The third-order valence-corrected chi connectivity index (χ3v) is 5.28. The van der Waals surface area contributed by atoms with Crippen molar-refractivity contribution < 1.29 is 19.1 Å². The Kier molecular flexibility index (Phi) is 6.08. The van der Waals surface area contributed by atoms with Crippen molar-refractivity contribution in [3.63, 3.8) is 0 Å². The highest BCUT2D eigenvalue weighted by atomic mass is 79.9. The first-order valence-electron chi connectivity index (χ1n) is 8.19. The fourth-order valence-corrected chi connectivity index (χ4v) is 3.97. The molecule has 0 fully saturated rings. The molecule has 0 spiro atoms. The van der Waals surface area contributed by atoms with E-state index in [4.69, 9.17) is 9.47 Å². The Morgan fingerprint density at radius 1 is 1.22 bits per heavy atom. The van der Waals surface area contributed by atoms with Crippen LogP contribution in [0.15, 0.2) is 51.9 Å². The maximum absolute atomic E-state index is 12.6. The van der Waals surface area contributed by atoms with Gasteiger partial charge in [0.2, 0.25) is 0 Å². The number of fused-ring (bicyclic) bond motifs is 1. The van der Waals surface area contributed by atoms with Gasteiger partial charge in [0.25, 0.3) is 5.91 Å². The zero-order valence-electron chi connectivity index (χ0n) is 14.8. The number of esters is 1. The van der Waals surface area contributed by atoms with Gasteiger partial charge in [0.05, 0.1) is 23.9 Å². The molecule has 6 nitrogen and oxygen atoms in total. The van der Waals surface area contributed by atoms with E-state index in [0.29, 0.717) is 17.0 Å². The van der Waals surface area contributed by atoms with Crippen molar-refractivity contribution >= 4 is 49.4 Å². The molecule has 2 aromatic carbocycles. The van der Waals surface area contributed by atoms with Crippen molar-refractivity contribution in [2.24, 2.45) is 4.99 Å². The van der Waals surface area contributed by atoms with Crippen LogP contribution in [0.25, 0.3) is 10.2 Å². The third kappa shape index (κ3) is 4.45. The van der Waals surface area contributed by atoms with Crippen molar-refractivity contribution in [1.82, 2.24) is 4.57 Å². The first-order chi connectivity index (χ1) is 13.0. The van der Waals surface area contributed by atoms with Crippen LogP contribution in [0, 0.1) is 0 Å². The normalized spacial score (nSPS) is 11.6. The van der Waals surface area contributed by atoms with E-state index < -0.39 is 5.97 Å². The van der Waals surface area contributed by atoms with Gasteiger partial charge in [0.1, 0.15) is 12.3 Å². The lowest BCUT2D eigenvalue weighted by molar-refractivity contribution is -0.141. The lowest BCUT2D eigenvalue weighted by Crippen LogP contribution is -2.22. The summed E-state index contributed by atoms with van der Waals surface area (Å²) in [5.41, 5.74) is 1.25. The molecule has 0 aliphatic rings. The van der Waals surface area contributed by atoms with Gasteiger partial charge in [0.15, 0.2) is 4.80 Å². The Hall–Kier alpha value is -2.45. The number of carbonyl (C=O) groups is 2. The second-order valence-electron chi connectivity index (χ2n) is 5.54. The molecule has 0 atom stereocenters. The fourth-order valence-electron chi connectivity index (χ4n) is 2.51. The van der Waals surface area contributed by atoms with Gasteiger partial charge >= 0.3 is 5.97 Å². The molecule has 3 aromatic rings. The SMILES string of the molecule is CCOc1ccc2c(c1)sc(=NC(=O)c1cccc(Br)c1)n2CC(=O)OC. The van der Waals surface area contributed by atoms with E-state index in [1.54, 1.807) is 22.8 Å². The largest absolute Gasteiger partial charge is 0.494 e. The number of amides is 1. The maximum atomic E-state index is 12.6. The van der Waals surface area contributed by atoms with Crippen molar-refractivity contribution in [2.75, 3.05) is 13.7 Å². The number of hydrogen-bond acceptors (Lipinski definition) is 5. The molecule has 3 rings (SSSR count). The number of ether oxygens (including phenoxy) is 2. The van der Waals surface area contributed by atoms with Crippen molar-refractivity contribution in [3.05, 3.63) is 57.3 Å². The Balaban J connectivity index is 2.12. The molecule has 0 N–H and O–H groups in total. The van der Waals surface area contributed by atoms with Gasteiger partial charge in [-0.25, -0.2) is 0 Å². The molecule has 0 aliphatic carbocycles. The molecule has 0 bridgehead atoms. The number of nitrogens with zero attached hydrogens (tertiary/aromatic N) is 2. The zero-order valence-corrected chi connectivity index (χ0v) is 17.2. The Bertz CT molecular complexity index is 1070. The second kappa shape index (κ2) is 8.49. The van der Waals surface area contributed by atoms with Crippen molar-refractivity contribution in [1.29, 1.82) is 0 Å². The van der Waals surface area contributed by atoms with Crippen molar-refractivity contribution in [2.45, 2.75) is 13.5 Å². The summed E-state index contributed by atoms with van der Waals surface area (Å²) < 4.78 is 13.7. The van der Waals surface area contributed by atoms with Crippen LogP contribution >= 0.6 is 27.3 Å². The lowest BCUT2D eigenvalue weighted by Gasteiger charge is -2.05. The van der Waals surface area contributed by atoms with Crippen molar-refractivity contribution in [3.8, 4) is 5.75 Å². The quantitative estimate of drug-likeness (QED) is 0.556. The molecule has 0 unspecified atom stereocenters. The molecule has 140 valence electrons. The van der Waals surface area contributed by atoms with E-state index in [-0.39, 0.29) is 12.5 Å². The maximum Gasteiger partial charge on any atom is 0.325 e. The summed E-state index contributed by atoms with van der Waals surface area (Å²) in [6.07, 6.45) is 0. The summed E-state index contributed by atoms with van der Waals surface area (Å²) in [7, 11) is 1.33. The molecule has 1 aromatic heterocycles. The molecular weight excluding hydrogens is 432 g/mol. The van der Waals surface area contributed by atoms with Crippen LogP contribution < -0.4 is 9.54 Å². The molecule has 0 aliphatic heterocycles. The average molecular weight is 449 g/mol. The van der Waals surface area contributed by atoms with E-state index in [0.717, 1.165) is 20.4 Å². The van der Waals surface area contributed by atoms with Crippen LogP contribution in [0.4, 0.5) is 0 Å². The van der Waals surface area contributed by atoms with Gasteiger partial charge in [-0.2, -0.15) is 4.99 Å². The molecule has 1 heterocycles. The van der Waals surface area contributed by atoms with Crippen LogP contribution in [0.3, 0.4) is 0 Å². The van der Waals surface area contributed by atoms with Gasteiger partial charge in [-0.15, -0.1) is 0 Å². The van der Waals surface area contributed by atoms with E-state index >= 15 is 0 Å². The van der Waals surface area contributed by atoms with E-state index in [1.807, 2.05) is 31.2 Å². The summed E-state index contributed by atoms with van der Waals surface area (Å²) in [4.78, 5) is 29.1. The predicted molar refractivity (Wildman–Crippen MR) is 107 cm³/mol. The summed E-state index contributed by atoms with van der Waals surface area (Å²) >= 11 is 4.67. The van der Waals surface area contributed by atoms with E-state index in [1.165, 1.54) is 18.4 Å². The highest BCUT2D eigenvalue weighted by molar-refractivity contribution is 9.10. The van der Waals surface area contributed by atoms with E-state index in [2.05, 4.69) is 20.9 Å². The van der Waals surface area contributed by atoms with Crippen LogP contribution in [0.5, 0.6) is 5.75 Å². The predicted octanol–water partition coefficient (Wildman–Crippen LogP) is 3.78. The Morgan fingerprint density at radius 3 is 2.74 bits per heavy atom. The van der Waals surface area contributed by atoms with Gasteiger partial charge in [0, 0.05) is 10.0 Å². The molecule has 27 heavy (non-hydrogen) atoms. The van der Waals surface area contributed by atoms with Crippen LogP contribution in [0.2, 0.25) is 0 Å². The molecule has 8 heteroatoms. The fraction of sp³-hybridized carbons (Fsp3) is 0.211.